The Kier molecular flexibility index (Phi) is 2.96. The van der Waals surface area contributed by atoms with Crippen LogP contribution >= 0.6 is 0 Å². The van der Waals surface area contributed by atoms with Crippen LogP contribution in [0.25, 0.3) is 0 Å². The van der Waals surface area contributed by atoms with E-state index in [2.05, 4.69) is 20.5 Å². The van der Waals surface area contributed by atoms with Crippen molar-refractivity contribution in [2.24, 2.45) is 0 Å². The molecule has 2 N–H and O–H groups in total. The van der Waals surface area contributed by atoms with Crippen LogP contribution in [0, 0.1) is 6.92 Å². The van der Waals surface area contributed by atoms with Crippen LogP contribution in [0.5, 0.6) is 0 Å². The van der Waals surface area contributed by atoms with E-state index in [9.17, 15) is 4.79 Å². The highest BCUT2D eigenvalue weighted by atomic mass is 16.5. The maximum absolute atomic E-state index is 10.9. The van der Waals surface area contributed by atoms with E-state index in [0.29, 0.717) is 18.1 Å². The van der Waals surface area contributed by atoms with Crippen molar-refractivity contribution in [1.82, 2.24) is 15.2 Å². The number of aryl methyl sites for hydroxylation is 1. The first kappa shape index (κ1) is 10.1. The fourth-order valence-electron chi connectivity index (χ4n) is 1.58. The SMILES string of the molecule is Cc1n[nH]c(=O)nc1NC[C@H]1CCCO1. The van der Waals surface area contributed by atoms with Crippen LogP contribution in [0.1, 0.15) is 18.5 Å². The summed E-state index contributed by atoms with van der Waals surface area (Å²) in [6.45, 7) is 3.30. The van der Waals surface area contributed by atoms with E-state index >= 15 is 0 Å². The normalized spacial score (nSPS) is 20.5. The molecular formula is C9H14N4O2. The van der Waals surface area contributed by atoms with Crippen LogP contribution in [0.2, 0.25) is 0 Å². The lowest BCUT2D eigenvalue weighted by molar-refractivity contribution is 0.120. The average molecular weight is 210 g/mol. The zero-order valence-electron chi connectivity index (χ0n) is 8.62. The molecule has 2 rings (SSSR count). The molecule has 2 heterocycles. The number of aromatic amines is 1. The molecular weight excluding hydrogens is 196 g/mol. The van der Waals surface area contributed by atoms with Crippen molar-refractivity contribution in [3.05, 3.63) is 16.2 Å². The molecule has 15 heavy (non-hydrogen) atoms. The number of nitrogens with one attached hydrogen (secondary N) is 2. The van der Waals surface area contributed by atoms with Gasteiger partial charge in [-0.15, -0.1) is 0 Å². The Morgan fingerprint density at radius 2 is 2.53 bits per heavy atom. The molecule has 6 heteroatoms. The van der Waals surface area contributed by atoms with Crippen LogP contribution in [0.3, 0.4) is 0 Å². The number of anilines is 1. The average Bonchev–Trinajstić information content (AvgIpc) is 2.72. The van der Waals surface area contributed by atoms with Gasteiger partial charge in [0.1, 0.15) is 5.69 Å². The van der Waals surface area contributed by atoms with Crippen molar-refractivity contribution in [1.29, 1.82) is 0 Å². The van der Waals surface area contributed by atoms with Crippen molar-refractivity contribution in [2.45, 2.75) is 25.9 Å². The lowest BCUT2D eigenvalue weighted by atomic mass is 10.2. The van der Waals surface area contributed by atoms with E-state index in [1.807, 2.05) is 0 Å². The zero-order chi connectivity index (χ0) is 10.7. The van der Waals surface area contributed by atoms with E-state index < -0.39 is 5.69 Å². The molecule has 0 spiro atoms. The van der Waals surface area contributed by atoms with Gasteiger partial charge in [-0.1, -0.05) is 0 Å². The monoisotopic (exact) mass is 210 g/mol. The molecule has 0 aliphatic carbocycles. The van der Waals surface area contributed by atoms with Gasteiger partial charge >= 0.3 is 5.69 Å². The van der Waals surface area contributed by atoms with Gasteiger partial charge in [-0.05, 0) is 19.8 Å². The smallest absolute Gasteiger partial charge is 0.363 e. The quantitative estimate of drug-likeness (QED) is 0.737. The predicted octanol–water partition coefficient (Wildman–Crippen LogP) is 0.0642. The maximum atomic E-state index is 10.9. The summed E-state index contributed by atoms with van der Waals surface area (Å²) in [6, 6.07) is 0. The summed E-state index contributed by atoms with van der Waals surface area (Å²) < 4.78 is 5.45. The number of H-pyrrole nitrogens is 1. The van der Waals surface area contributed by atoms with Crippen molar-refractivity contribution >= 4 is 5.82 Å². The van der Waals surface area contributed by atoms with Gasteiger partial charge in [0.2, 0.25) is 0 Å². The van der Waals surface area contributed by atoms with Crippen molar-refractivity contribution in [3.63, 3.8) is 0 Å². The van der Waals surface area contributed by atoms with E-state index in [0.717, 1.165) is 19.4 Å². The first-order valence-corrected chi connectivity index (χ1v) is 5.04. The lowest BCUT2D eigenvalue weighted by Crippen LogP contribution is -2.23. The van der Waals surface area contributed by atoms with Gasteiger partial charge in [-0.2, -0.15) is 10.1 Å². The number of rotatable bonds is 3. The number of aromatic nitrogens is 3. The summed E-state index contributed by atoms with van der Waals surface area (Å²) in [4.78, 5) is 14.7. The van der Waals surface area contributed by atoms with Crippen LogP contribution < -0.4 is 11.0 Å². The molecule has 1 aliphatic rings. The van der Waals surface area contributed by atoms with Gasteiger partial charge in [0, 0.05) is 13.2 Å². The minimum Gasteiger partial charge on any atom is -0.376 e. The Morgan fingerprint density at radius 1 is 1.67 bits per heavy atom. The molecule has 82 valence electrons. The molecule has 6 nitrogen and oxygen atoms in total. The van der Waals surface area contributed by atoms with Crippen molar-refractivity contribution in [3.8, 4) is 0 Å². The Labute approximate surface area is 87.1 Å². The molecule has 1 aromatic heterocycles. The standard InChI is InChI=1S/C9H14N4O2/c1-6-8(11-9(14)13-12-6)10-5-7-3-2-4-15-7/h7H,2-5H2,1H3,(H2,10,11,13,14)/t7-/m1/s1. The second-order valence-electron chi connectivity index (χ2n) is 3.59. The highest BCUT2D eigenvalue weighted by Crippen LogP contribution is 2.13. The van der Waals surface area contributed by atoms with Gasteiger partial charge in [0.25, 0.3) is 0 Å². The predicted molar refractivity (Wildman–Crippen MR) is 54.9 cm³/mol. The van der Waals surface area contributed by atoms with E-state index in [-0.39, 0.29) is 6.10 Å². The minimum atomic E-state index is -0.435. The van der Waals surface area contributed by atoms with Crippen molar-refractivity contribution < 1.29 is 4.74 Å². The summed E-state index contributed by atoms with van der Waals surface area (Å²) in [6.07, 6.45) is 2.39. The van der Waals surface area contributed by atoms with Gasteiger partial charge in [0.15, 0.2) is 5.82 Å². The number of hydrogen-bond acceptors (Lipinski definition) is 5. The van der Waals surface area contributed by atoms with Gasteiger partial charge in [-0.25, -0.2) is 9.89 Å². The van der Waals surface area contributed by atoms with E-state index in [1.165, 1.54) is 0 Å². The Morgan fingerprint density at radius 3 is 3.27 bits per heavy atom. The Balaban J connectivity index is 1.97. The lowest BCUT2D eigenvalue weighted by Gasteiger charge is -2.11. The second-order valence-corrected chi connectivity index (χ2v) is 3.59. The van der Waals surface area contributed by atoms with Crippen LogP contribution in [-0.2, 0) is 4.74 Å². The van der Waals surface area contributed by atoms with Gasteiger partial charge in [-0.3, -0.25) is 0 Å². The Hall–Kier alpha value is -1.43. The fourth-order valence-corrected chi connectivity index (χ4v) is 1.58. The Bertz CT molecular complexity index is 384. The molecule has 0 bridgehead atoms. The topological polar surface area (TPSA) is 79.9 Å². The van der Waals surface area contributed by atoms with Crippen molar-refractivity contribution in [2.75, 3.05) is 18.5 Å². The number of nitrogens with zero attached hydrogens (tertiary/aromatic N) is 2. The van der Waals surface area contributed by atoms with E-state index in [1.54, 1.807) is 6.92 Å². The zero-order valence-corrected chi connectivity index (χ0v) is 8.62. The molecule has 0 radical (unpaired) electrons. The van der Waals surface area contributed by atoms with Crippen LogP contribution in [-0.4, -0.2) is 34.4 Å². The molecule has 0 amide bonds. The molecule has 1 saturated heterocycles. The summed E-state index contributed by atoms with van der Waals surface area (Å²) in [7, 11) is 0. The van der Waals surface area contributed by atoms with Crippen LogP contribution in [0.4, 0.5) is 5.82 Å². The molecule has 0 unspecified atom stereocenters. The highest BCUT2D eigenvalue weighted by molar-refractivity contribution is 5.37. The summed E-state index contributed by atoms with van der Waals surface area (Å²) >= 11 is 0. The first-order chi connectivity index (χ1) is 7.25. The van der Waals surface area contributed by atoms with Gasteiger partial charge < -0.3 is 10.1 Å². The first-order valence-electron chi connectivity index (χ1n) is 5.04. The second kappa shape index (κ2) is 4.39. The van der Waals surface area contributed by atoms with Gasteiger partial charge in [0.05, 0.1) is 6.10 Å². The molecule has 1 aromatic rings. The molecule has 1 atom stereocenters. The molecule has 0 aromatic carbocycles. The summed E-state index contributed by atoms with van der Waals surface area (Å²) in [5.41, 5.74) is 0.253. The summed E-state index contributed by atoms with van der Waals surface area (Å²) in [5, 5.41) is 9.18. The highest BCUT2D eigenvalue weighted by Gasteiger charge is 2.15. The molecule has 0 saturated carbocycles. The summed E-state index contributed by atoms with van der Waals surface area (Å²) in [5.74, 6) is 0.536. The third kappa shape index (κ3) is 2.53. The molecule has 1 aliphatic heterocycles. The number of hydrogen-bond donors (Lipinski definition) is 2. The molecule has 1 fully saturated rings. The third-order valence-corrected chi connectivity index (χ3v) is 2.40. The minimum absolute atomic E-state index is 0.227. The third-order valence-electron chi connectivity index (χ3n) is 2.40. The van der Waals surface area contributed by atoms with Crippen LogP contribution in [0.15, 0.2) is 4.79 Å². The number of ether oxygens (including phenoxy) is 1. The largest absolute Gasteiger partial charge is 0.376 e. The maximum Gasteiger partial charge on any atom is 0.363 e. The van der Waals surface area contributed by atoms with E-state index in [4.69, 9.17) is 4.74 Å². The fraction of sp³-hybridized carbons (Fsp3) is 0.667.